The third kappa shape index (κ3) is 7.48. The van der Waals surface area contributed by atoms with Crippen LogP contribution in [0.1, 0.15) is 120 Å². The van der Waals surface area contributed by atoms with E-state index >= 15 is 0 Å². The summed E-state index contributed by atoms with van der Waals surface area (Å²) in [5.41, 5.74) is -5.15. The van der Waals surface area contributed by atoms with Crippen molar-refractivity contribution in [2.45, 2.75) is 126 Å². The first-order valence-electron chi connectivity index (χ1n) is 14.6. The average Bonchev–Trinajstić information content (AvgIpc) is 2.85. The predicted octanol–water partition coefficient (Wildman–Crippen LogP) is 6.96. The molecule has 218 valence electrons. The quantitative estimate of drug-likeness (QED) is 0.134. The van der Waals surface area contributed by atoms with Crippen molar-refractivity contribution < 1.29 is 34.8 Å². The summed E-state index contributed by atoms with van der Waals surface area (Å²) >= 11 is 0. The molecule has 0 aliphatic heterocycles. The molecule has 4 N–H and O–H groups in total. The molecule has 8 atom stereocenters. The monoisotopic (exact) mass is 528 g/mol. The fraction of sp³-hybridized carbons (Fsp3) is 0.900. The van der Waals surface area contributed by atoms with Crippen molar-refractivity contribution in [2.24, 2.45) is 46.8 Å². The molecule has 37 heavy (non-hydrogen) atoms. The number of rotatable bonds is 20. The molecule has 0 saturated heterocycles. The molecule has 7 nitrogen and oxygen atoms in total. The van der Waals surface area contributed by atoms with Crippen LogP contribution in [0, 0.1) is 46.8 Å². The zero-order valence-electron chi connectivity index (χ0n) is 24.9. The normalized spacial score (nSPS) is 20.9. The summed E-state index contributed by atoms with van der Waals surface area (Å²) in [7, 11) is 0. The minimum atomic E-state index is -2.99. The predicted molar refractivity (Wildman–Crippen MR) is 147 cm³/mol. The first kappa shape index (κ1) is 35.4. The van der Waals surface area contributed by atoms with E-state index in [1.165, 1.54) is 0 Å². The Labute approximate surface area is 225 Å². The van der Waals surface area contributed by atoms with Gasteiger partial charge in [0.05, 0.1) is 0 Å². The van der Waals surface area contributed by atoms with Gasteiger partial charge in [-0.1, -0.05) is 101 Å². The molecule has 0 heterocycles. The fourth-order valence-corrected chi connectivity index (χ4v) is 6.63. The summed E-state index contributed by atoms with van der Waals surface area (Å²) in [6.07, 6.45) is 4.52. The Hall–Kier alpha value is -1.63. The van der Waals surface area contributed by atoms with Crippen LogP contribution >= 0.6 is 0 Å². The second-order valence-electron chi connectivity index (χ2n) is 11.7. The van der Waals surface area contributed by atoms with Gasteiger partial charge in [0.1, 0.15) is 11.3 Å². The zero-order valence-corrected chi connectivity index (χ0v) is 24.9. The van der Waals surface area contributed by atoms with Gasteiger partial charge in [-0.25, -0.2) is 4.79 Å². The van der Waals surface area contributed by atoms with Crippen molar-refractivity contribution in [3.8, 4) is 0 Å². The summed E-state index contributed by atoms with van der Waals surface area (Å²) in [4.78, 5) is 39.8. The lowest BCUT2D eigenvalue weighted by Crippen LogP contribution is -2.70. The van der Waals surface area contributed by atoms with Crippen molar-refractivity contribution in [3.05, 3.63) is 0 Å². The van der Waals surface area contributed by atoms with Crippen molar-refractivity contribution in [3.63, 3.8) is 0 Å². The van der Waals surface area contributed by atoms with Crippen molar-refractivity contribution in [1.82, 2.24) is 0 Å². The van der Waals surface area contributed by atoms with Gasteiger partial charge >= 0.3 is 17.9 Å². The van der Waals surface area contributed by atoms with Gasteiger partial charge in [0.25, 0.3) is 0 Å². The van der Waals surface area contributed by atoms with Crippen LogP contribution in [-0.2, 0) is 14.4 Å². The molecular formula is C30H56O7. The standard InChI is InChI=1S/C30H56O7/c1-10-19(7)16-22(13-4)25(26(31)32)30(37,28(35)36)29(27(33)34,23(14-5)17-20(8)11-2)24(15-6)18-21(9)12-3/h19-25,37H,10-18H2,1-9H3,(H,31,32)(H,33,34)(H,35,36). The van der Waals surface area contributed by atoms with Crippen LogP contribution in [0.5, 0.6) is 0 Å². The van der Waals surface area contributed by atoms with Crippen LogP contribution in [0.2, 0.25) is 0 Å². The van der Waals surface area contributed by atoms with Gasteiger partial charge < -0.3 is 20.4 Å². The fourth-order valence-electron chi connectivity index (χ4n) is 6.63. The molecule has 0 amide bonds. The molecule has 0 aromatic carbocycles. The lowest BCUT2D eigenvalue weighted by molar-refractivity contribution is -0.230. The van der Waals surface area contributed by atoms with E-state index in [4.69, 9.17) is 0 Å². The maximum Gasteiger partial charge on any atom is 0.337 e. The number of aliphatic carboxylic acids is 3. The van der Waals surface area contributed by atoms with Crippen LogP contribution < -0.4 is 0 Å². The molecule has 7 heteroatoms. The Morgan fingerprint density at radius 1 is 0.595 bits per heavy atom. The van der Waals surface area contributed by atoms with Gasteiger partial charge in [0, 0.05) is 0 Å². The zero-order chi connectivity index (χ0) is 29.1. The van der Waals surface area contributed by atoms with Crippen LogP contribution in [0.25, 0.3) is 0 Å². The molecule has 0 spiro atoms. The smallest absolute Gasteiger partial charge is 0.337 e. The Kier molecular flexibility index (Phi) is 15.0. The van der Waals surface area contributed by atoms with Crippen LogP contribution in [0.3, 0.4) is 0 Å². The second kappa shape index (κ2) is 15.7. The van der Waals surface area contributed by atoms with E-state index < -0.39 is 52.6 Å². The summed E-state index contributed by atoms with van der Waals surface area (Å²) in [5.74, 6) is -8.15. The highest BCUT2D eigenvalue weighted by Gasteiger charge is 2.72. The van der Waals surface area contributed by atoms with Gasteiger partial charge in [0.2, 0.25) is 0 Å². The van der Waals surface area contributed by atoms with E-state index in [2.05, 4.69) is 0 Å². The van der Waals surface area contributed by atoms with E-state index in [0.717, 1.165) is 19.3 Å². The minimum absolute atomic E-state index is 0.0909. The molecule has 0 saturated carbocycles. The Morgan fingerprint density at radius 3 is 1.22 bits per heavy atom. The third-order valence-electron chi connectivity index (χ3n) is 9.47. The highest BCUT2D eigenvalue weighted by Crippen LogP contribution is 2.57. The number of carboxylic acid groups (broad SMARTS) is 3. The van der Waals surface area contributed by atoms with Crippen LogP contribution in [0.15, 0.2) is 0 Å². The molecule has 0 aromatic heterocycles. The van der Waals surface area contributed by atoms with E-state index in [1.807, 2.05) is 55.4 Å². The molecule has 8 unspecified atom stereocenters. The highest BCUT2D eigenvalue weighted by atomic mass is 16.4. The van der Waals surface area contributed by atoms with Crippen molar-refractivity contribution in [1.29, 1.82) is 0 Å². The highest BCUT2D eigenvalue weighted by molar-refractivity contribution is 5.94. The molecule has 0 aliphatic carbocycles. The SMILES string of the molecule is CCC(C)CC(CC)C(C(=O)O)C(O)(C(=O)O)C(C(=O)O)(C(CC)CC(C)CC)C(CC)CC(C)CC. The van der Waals surface area contributed by atoms with Gasteiger partial charge in [-0.15, -0.1) is 0 Å². The summed E-state index contributed by atoms with van der Waals surface area (Å²) in [6, 6.07) is 0. The first-order valence-corrected chi connectivity index (χ1v) is 14.6. The Morgan fingerprint density at radius 2 is 0.973 bits per heavy atom. The summed E-state index contributed by atoms with van der Waals surface area (Å²) in [5, 5.41) is 44.9. The van der Waals surface area contributed by atoms with E-state index in [9.17, 15) is 34.8 Å². The number of hydrogen-bond donors (Lipinski definition) is 4. The number of aliphatic hydroxyl groups is 1. The topological polar surface area (TPSA) is 132 Å². The third-order valence-corrected chi connectivity index (χ3v) is 9.47. The van der Waals surface area contributed by atoms with Gasteiger partial charge in [-0.3, -0.25) is 9.59 Å². The number of carboxylic acids is 3. The van der Waals surface area contributed by atoms with Crippen molar-refractivity contribution in [2.75, 3.05) is 0 Å². The average molecular weight is 529 g/mol. The molecule has 0 fully saturated rings. The largest absolute Gasteiger partial charge is 0.481 e. The Bertz CT molecular complexity index is 701. The van der Waals surface area contributed by atoms with Gasteiger partial charge in [-0.05, 0) is 54.8 Å². The van der Waals surface area contributed by atoms with E-state index in [0.29, 0.717) is 38.5 Å². The summed E-state index contributed by atoms with van der Waals surface area (Å²) in [6.45, 7) is 17.4. The number of carbonyl (C=O) groups is 3. The second-order valence-corrected chi connectivity index (χ2v) is 11.7. The van der Waals surface area contributed by atoms with Crippen LogP contribution in [0.4, 0.5) is 0 Å². The maximum absolute atomic E-state index is 13.6. The van der Waals surface area contributed by atoms with E-state index in [1.54, 1.807) is 6.92 Å². The lowest BCUT2D eigenvalue weighted by atomic mass is 9.48. The summed E-state index contributed by atoms with van der Waals surface area (Å²) < 4.78 is 0. The minimum Gasteiger partial charge on any atom is -0.481 e. The lowest BCUT2D eigenvalue weighted by Gasteiger charge is -2.54. The molecule has 0 aliphatic rings. The molecule has 0 aromatic rings. The van der Waals surface area contributed by atoms with Gasteiger partial charge in [-0.2, -0.15) is 0 Å². The Balaban J connectivity index is 7.78. The molecule has 0 rings (SSSR count). The number of hydrogen-bond acceptors (Lipinski definition) is 4. The first-order chi connectivity index (χ1) is 17.2. The van der Waals surface area contributed by atoms with Crippen LogP contribution in [-0.4, -0.2) is 43.9 Å². The molecule has 0 radical (unpaired) electrons. The van der Waals surface area contributed by atoms with Crippen molar-refractivity contribution >= 4 is 17.9 Å². The van der Waals surface area contributed by atoms with E-state index in [-0.39, 0.29) is 17.8 Å². The molecular weight excluding hydrogens is 472 g/mol. The van der Waals surface area contributed by atoms with Gasteiger partial charge in [0.15, 0.2) is 5.60 Å². The molecule has 0 bridgehead atoms. The maximum atomic E-state index is 13.6.